The molecular weight excluding hydrogens is 202 g/mol. The summed E-state index contributed by atoms with van der Waals surface area (Å²) in [6.45, 7) is 2.18. The smallest absolute Gasteiger partial charge is 0.242 e. The minimum atomic E-state index is -3.38. The van der Waals surface area contributed by atoms with Crippen molar-refractivity contribution in [3.8, 4) is 5.75 Å². The standard InChI is InChI=1S/C9H13NO3S/c1-3-10(2)14(12,13)9-6-4-8(11)5-7-9/h4-7,11H,3H2,1-2H3. The summed E-state index contributed by atoms with van der Waals surface area (Å²) in [5.74, 6) is 0.0584. The topological polar surface area (TPSA) is 57.6 Å². The molecule has 0 atom stereocenters. The molecule has 0 saturated carbocycles. The number of hydrogen-bond acceptors (Lipinski definition) is 3. The molecule has 1 rings (SSSR count). The molecule has 0 saturated heterocycles. The van der Waals surface area contributed by atoms with E-state index in [0.717, 1.165) is 0 Å². The Morgan fingerprint density at radius 2 is 1.79 bits per heavy atom. The van der Waals surface area contributed by atoms with Gasteiger partial charge in [-0.05, 0) is 24.3 Å². The van der Waals surface area contributed by atoms with Crippen LogP contribution < -0.4 is 0 Å². The van der Waals surface area contributed by atoms with Gasteiger partial charge in [0.15, 0.2) is 0 Å². The number of sulfonamides is 1. The number of aromatic hydroxyl groups is 1. The Hall–Kier alpha value is -1.07. The second kappa shape index (κ2) is 3.98. The van der Waals surface area contributed by atoms with Crippen LogP contribution in [0.15, 0.2) is 29.2 Å². The van der Waals surface area contributed by atoms with Crippen LogP contribution in [0.5, 0.6) is 5.75 Å². The normalized spacial score (nSPS) is 11.9. The first kappa shape index (κ1) is 11.0. The number of benzene rings is 1. The molecule has 0 spiro atoms. The lowest BCUT2D eigenvalue weighted by molar-refractivity contribution is 0.473. The molecular formula is C9H13NO3S. The second-order valence-electron chi connectivity index (χ2n) is 2.91. The fraction of sp³-hybridized carbons (Fsp3) is 0.333. The summed E-state index contributed by atoms with van der Waals surface area (Å²) in [7, 11) is -1.87. The highest BCUT2D eigenvalue weighted by molar-refractivity contribution is 7.89. The first-order valence-corrected chi connectivity index (χ1v) is 5.68. The first-order valence-electron chi connectivity index (χ1n) is 4.24. The SMILES string of the molecule is CCN(C)S(=O)(=O)c1ccc(O)cc1. The lowest BCUT2D eigenvalue weighted by Gasteiger charge is -2.14. The fourth-order valence-electron chi connectivity index (χ4n) is 0.968. The van der Waals surface area contributed by atoms with Crippen LogP contribution in [0.4, 0.5) is 0 Å². The third kappa shape index (κ3) is 2.05. The van der Waals surface area contributed by atoms with Gasteiger partial charge >= 0.3 is 0 Å². The second-order valence-corrected chi connectivity index (χ2v) is 4.96. The van der Waals surface area contributed by atoms with Gasteiger partial charge in [-0.15, -0.1) is 0 Å². The number of phenolic OH excluding ortho intramolecular Hbond substituents is 1. The lowest BCUT2D eigenvalue weighted by Crippen LogP contribution is -2.26. The van der Waals surface area contributed by atoms with E-state index in [9.17, 15) is 8.42 Å². The molecule has 0 heterocycles. The van der Waals surface area contributed by atoms with Crippen molar-refractivity contribution in [2.24, 2.45) is 0 Å². The molecule has 0 aromatic heterocycles. The average Bonchev–Trinajstić information content (AvgIpc) is 2.17. The Labute approximate surface area is 83.8 Å². The number of nitrogens with zero attached hydrogens (tertiary/aromatic N) is 1. The summed E-state index contributed by atoms with van der Waals surface area (Å²) in [6, 6.07) is 5.49. The van der Waals surface area contributed by atoms with Gasteiger partial charge in [0.1, 0.15) is 5.75 Å². The highest BCUT2D eigenvalue weighted by Crippen LogP contribution is 2.17. The molecule has 78 valence electrons. The highest BCUT2D eigenvalue weighted by Gasteiger charge is 2.18. The molecule has 0 amide bonds. The maximum absolute atomic E-state index is 11.7. The highest BCUT2D eigenvalue weighted by atomic mass is 32.2. The molecule has 4 nitrogen and oxygen atoms in total. The molecule has 0 aliphatic carbocycles. The molecule has 0 aliphatic rings. The molecule has 0 fully saturated rings. The van der Waals surface area contributed by atoms with Gasteiger partial charge in [-0.25, -0.2) is 12.7 Å². The Balaban J connectivity index is 3.11. The van der Waals surface area contributed by atoms with Crippen molar-refractivity contribution in [1.82, 2.24) is 4.31 Å². The zero-order valence-corrected chi connectivity index (χ0v) is 8.95. The molecule has 0 bridgehead atoms. The summed E-state index contributed by atoms with van der Waals surface area (Å²) in [6.07, 6.45) is 0. The Kier molecular flexibility index (Phi) is 3.13. The van der Waals surface area contributed by atoms with Crippen molar-refractivity contribution in [2.45, 2.75) is 11.8 Å². The molecule has 1 N–H and O–H groups in total. The van der Waals surface area contributed by atoms with Crippen molar-refractivity contribution >= 4 is 10.0 Å². The van der Waals surface area contributed by atoms with E-state index in [-0.39, 0.29) is 10.6 Å². The minimum Gasteiger partial charge on any atom is -0.508 e. The van der Waals surface area contributed by atoms with Gasteiger partial charge in [-0.2, -0.15) is 0 Å². The van der Waals surface area contributed by atoms with E-state index in [1.807, 2.05) is 0 Å². The van der Waals surface area contributed by atoms with Crippen LogP contribution in [0.1, 0.15) is 6.92 Å². The van der Waals surface area contributed by atoms with Gasteiger partial charge in [0, 0.05) is 13.6 Å². The van der Waals surface area contributed by atoms with Gasteiger partial charge < -0.3 is 5.11 Å². The third-order valence-corrected chi connectivity index (χ3v) is 3.94. The van der Waals surface area contributed by atoms with E-state index in [1.165, 1.54) is 35.6 Å². The van der Waals surface area contributed by atoms with E-state index >= 15 is 0 Å². The van der Waals surface area contributed by atoms with Crippen LogP contribution in [0.25, 0.3) is 0 Å². The van der Waals surface area contributed by atoms with Gasteiger partial charge in [-0.1, -0.05) is 6.92 Å². The van der Waals surface area contributed by atoms with Crippen molar-refractivity contribution < 1.29 is 13.5 Å². The molecule has 1 aromatic rings. The molecule has 14 heavy (non-hydrogen) atoms. The van der Waals surface area contributed by atoms with E-state index < -0.39 is 10.0 Å². The summed E-state index contributed by atoms with van der Waals surface area (Å²) in [4.78, 5) is 0.194. The van der Waals surface area contributed by atoms with Gasteiger partial charge in [-0.3, -0.25) is 0 Å². The number of phenols is 1. The maximum atomic E-state index is 11.7. The van der Waals surface area contributed by atoms with Crippen LogP contribution in [0.2, 0.25) is 0 Å². The molecule has 1 aromatic carbocycles. The predicted octanol–water partition coefficient (Wildman–Crippen LogP) is 1.03. The third-order valence-electron chi connectivity index (χ3n) is 1.99. The maximum Gasteiger partial charge on any atom is 0.242 e. The van der Waals surface area contributed by atoms with E-state index in [0.29, 0.717) is 6.54 Å². The van der Waals surface area contributed by atoms with E-state index in [4.69, 9.17) is 5.11 Å². The number of rotatable bonds is 3. The van der Waals surface area contributed by atoms with Crippen LogP contribution in [-0.2, 0) is 10.0 Å². The molecule has 0 unspecified atom stereocenters. The van der Waals surface area contributed by atoms with Gasteiger partial charge in [0.25, 0.3) is 0 Å². The molecule has 0 radical (unpaired) electrons. The summed E-state index contributed by atoms with van der Waals surface area (Å²) < 4.78 is 24.7. The van der Waals surface area contributed by atoms with Crippen molar-refractivity contribution in [3.63, 3.8) is 0 Å². The van der Waals surface area contributed by atoms with Crippen LogP contribution in [0, 0.1) is 0 Å². The van der Waals surface area contributed by atoms with E-state index in [1.54, 1.807) is 6.92 Å². The lowest BCUT2D eigenvalue weighted by atomic mass is 10.3. The van der Waals surface area contributed by atoms with Crippen molar-refractivity contribution in [1.29, 1.82) is 0 Å². The minimum absolute atomic E-state index is 0.0584. The van der Waals surface area contributed by atoms with Gasteiger partial charge in [0.2, 0.25) is 10.0 Å². The van der Waals surface area contributed by atoms with Crippen LogP contribution in [0.3, 0.4) is 0 Å². The monoisotopic (exact) mass is 215 g/mol. The zero-order valence-electron chi connectivity index (χ0n) is 8.14. The number of hydrogen-bond donors (Lipinski definition) is 1. The summed E-state index contributed by atoms with van der Waals surface area (Å²) >= 11 is 0. The van der Waals surface area contributed by atoms with Crippen LogP contribution >= 0.6 is 0 Å². The molecule has 5 heteroatoms. The predicted molar refractivity (Wildman–Crippen MR) is 53.6 cm³/mol. The zero-order chi connectivity index (χ0) is 10.8. The Morgan fingerprint density at radius 3 is 2.21 bits per heavy atom. The van der Waals surface area contributed by atoms with Crippen molar-refractivity contribution in [3.05, 3.63) is 24.3 Å². The van der Waals surface area contributed by atoms with Gasteiger partial charge in [0.05, 0.1) is 4.90 Å². The average molecular weight is 215 g/mol. The summed E-state index contributed by atoms with van der Waals surface area (Å²) in [5.41, 5.74) is 0. The first-order chi connectivity index (χ1) is 6.48. The molecule has 0 aliphatic heterocycles. The van der Waals surface area contributed by atoms with Crippen molar-refractivity contribution in [2.75, 3.05) is 13.6 Å². The summed E-state index contributed by atoms with van der Waals surface area (Å²) in [5, 5.41) is 9.01. The largest absolute Gasteiger partial charge is 0.508 e. The van der Waals surface area contributed by atoms with E-state index in [2.05, 4.69) is 0 Å². The van der Waals surface area contributed by atoms with Crippen LogP contribution in [-0.4, -0.2) is 31.4 Å². The fourth-order valence-corrected chi connectivity index (χ4v) is 2.15. The Bertz CT molecular complexity index is 397. The quantitative estimate of drug-likeness (QED) is 0.819. The Morgan fingerprint density at radius 1 is 1.29 bits per heavy atom.